The van der Waals surface area contributed by atoms with Crippen molar-refractivity contribution in [1.82, 2.24) is 5.32 Å². The van der Waals surface area contributed by atoms with Gasteiger partial charge in [0.05, 0.1) is 12.5 Å². The lowest BCUT2D eigenvalue weighted by molar-refractivity contribution is -0.123. The van der Waals surface area contributed by atoms with Crippen LogP contribution < -0.4 is 5.32 Å². The number of benzene rings is 1. The van der Waals surface area contributed by atoms with Crippen molar-refractivity contribution in [2.24, 2.45) is 5.92 Å². The zero-order valence-corrected chi connectivity index (χ0v) is 11.7. The summed E-state index contributed by atoms with van der Waals surface area (Å²) in [6.45, 7) is 4.52. The van der Waals surface area contributed by atoms with Crippen LogP contribution in [0.2, 0.25) is 0 Å². The maximum absolute atomic E-state index is 11.8. The number of carbonyl (C=O) groups excluding carboxylic acids is 1. The molecule has 19 heavy (non-hydrogen) atoms. The lowest BCUT2D eigenvalue weighted by atomic mass is 9.96. The van der Waals surface area contributed by atoms with Crippen molar-refractivity contribution in [3.05, 3.63) is 35.9 Å². The molecule has 1 aliphatic rings. The summed E-state index contributed by atoms with van der Waals surface area (Å²) >= 11 is 0. The molecule has 1 aliphatic carbocycles. The van der Waals surface area contributed by atoms with E-state index in [0.717, 1.165) is 12.8 Å². The highest BCUT2D eigenvalue weighted by molar-refractivity contribution is 5.76. The zero-order valence-electron chi connectivity index (χ0n) is 11.7. The molecule has 1 unspecified atom stereocenters. The molecule has 0 spiro atoms. The van der Waals surface area contributed by atoms with E-state index in [1.165, 1.54) is 5.56 Å². The molecule has 2 N–H and O–H groups in total. The second-order valence-electron chi connectivity index (χ2n) is 5.94. The minimum Gasteiger partial charge on any atom is -0.392 e. The van der Waals surface area contributed by atoms with Gasteiger partial charge in [0.2, 0.25) is 5.91 Å². The Balaban J connectivity index is 1.84. The number of aliphatic hydroxyl groups is 1. The van der Waals surface area contributed by atoms with E-state index in [1.807, 2.05) is 32.0 Å². The molecule has 1 saturated carbocycles. The van der Waals surface area contributed by atoms with Crippen molar-refractivity contribution in [3.8, 4) is 0 Å². The van der Waals surface area contributed by atoms with Crippen molar-refractivity contribution in [1.29, 1.82) is 0 Å². The average molecular weight is 261 g/mol. The fourth-order valence-electron chi connectivity index (χ4n) is 2.28. The Morgan fingerprint density at radius 2 is 1.95 bits per heavy atom. The van der Waals surface area contributed by atoms with Gasteiger partial charge in [-0.3, -0.25) is 4.79 Å². The van der Waals surface area contributed by atoms with E-state index in [4.69, 9.17) is 0 Å². The first-order valence-corrected chi connectivity index (χ1v) is 7.04. The van der Waals surface area contributed by atoms with Crippen LogP contribution in [-0.2, 0) is 10.2 Å². The monoisotopic (exact) mass is 261 g/mol. The number of rotatable bonds is 6. The largest absolute Gasteiger partial charge is 0.392 e. The van der Waals surface area contributed by atoms with E-state index in [0.29, 0.717) is 6.54 Å². The molecular weight excluding hydrogens is 238 g/mol. The number of hydrogen-bond donors (Lipinski definition) is 2. The standard InChI is InChI=1S/C16H23NO2/c1-12(2)14(18)10-15(19)17-11-16(8-9-16)13-6-4-3-5-7-13/h3-7,12,14,18H,8-11H2,1-2H3,(H,17,19). The second kappa shape index (κ2) is 5.74. The van der Waals surface area contributed by atoms with Crippen LogP contribution in [0.1, 0.15) is 38.7 Å². The highest BCUT2D eigenvalue weighted by Gasteiger charge is 2.44. The van der Waals surface area contributed by atoms with Gasteiger partial charge in [0, 0.05) is 12.0 Å². The number of hydrogen-bond acceptors (Lipinski definition) is 2. The molecule has 104 valence electrons. The highest BCUT2D eigenvalue weighted by Crippen LogP contribution is 2.47. The van der Waals surface area contributed by atoms with Crippen LogP contribution in [0.3, 0.4) is 0 Å². The Morgan fingerprint density at radius 1 is 1.32 bits per heavy atom. The third-order valence-corrected chi connectivity index (χ3v) is 4.03. The minimum absolute atomic E-state index is 0.0524. The first-order valence-electron chi connectivity index (χ1n) is 7.04. The lowest BCUT2D eigenvalue weighted by Gasteiger charge is -2.18. The molecule has 1 aromatic rings. The Bertz CT molecular complexity index is 424. The third kappa shape index (κ3) is 3.57. The van der Waals surface area contributed by atoms with Crippen molar-refractivity contribution < 1.29 is 9.90 Å². The van der Waals surface area contributed by atoms with Gasteiger partial charge in [-0.1, -0.05) is 44.2 Å². The van der Waals surface area contributed by atoms with Gasteiger partial charge in [-0.25, -0.2) is 0 Å². The first kappa shape index (κ1) is 14.1. The molecule has 2 rings (SSSR count). The molecule has 0 bridgehead atoms. The molecule has 1 fully saturated rings. The molecular formula is C16H23NO2. The van der Waals surface area contributed by atoms with Gasteiger partial charge in [-0.2, -0.15) is 0 Å². The minimum atomic E-state index is -0.549. The number of amides is 1. The van der Waals surface area contributed by atoms with Crippen molar-refractivity contribution >= 4 is 5.91 Å². The van der Waals surface area contributed by atoms with E-state index >= 15 is 0 Å². The zero-order chi connectivity index (χ0) is 13.9. The van der Waals surface area contributed by atoms with Gasteiger partial charge >= 0.3 is 0 Å². The molecule has 1 amide bonds. The smallest absolute Gasteiger partial charge is 0.222 e. The molecule has 0 aromatic heterocycles. The Morgan fingerprint density at radius 3 is 2.47 bits per heavy atom. The number of carbonyl (C=O) groups is 1. The molecule has 0 saturated heterocycles. The molecule has 0 heterocycles. The SMILES string of the molecule is CC(C)C(O)CC(=O)NCC1(c2ccccc2)CC1. The second-order valence-corrected chi connectivity index (χ2v) is 5.94. The Hall–Kier alpha value is -1.35. The summed E-state index contributed by atoms with van der Waals surface area (Å²) in [5, 5.41) is 12.7. The van der Waals surface area contributed by atoms with Gasteiger partial charge in [0.15, 0.2) is 0 Å². The maximum atomic E-state index is 11.8. The van der Waals surface area contributed by atoms with Crippen LogP contribution in [0.25, 0.3) is 0 Å². The molecule has 3 heteroatoms. The van der Waals surface area contributed by atoms with Gasteiger partial charge in [0.25, 0.3) is 0 Å². The Kier molecular flexibility index (Phi) is 4.25. The lowest BCUT2D eigenvalue weighted by Crippen LogP contribution is -2.35. The van der Waals surface area contributed by atoms with Crippen molar-refractivity contribution in [3.63, 3.8) is 0 Å². The maximum Gasteiger partial charge on any atom is 0.222 e. The predicted molar refractivity (Wildman–Crippen MR) is 75.8 cm³/mol. The van der Waals surface area contributed by atoms with Gasteiger partial charge in [-0.15, -0.1) is 0 Å². The molecule has 0 aliphatic heterocycles. The normalized spacial score (nSPS) is 18.1. The van der Waals surface area contributed by atoms with Crippen molar-refractivity contribution in [2.75, 3.05) is 6.54 Å². The summed E-state index contributed by atoms with van der Waals surface area (Å²) in [4.78, 5) is 11.8. The quantitative estimate of drug-likeness (QED) is 0.825. The van der Waals surface area contributed by atoms with Crippen LogP contribution in [0.15, 0.2) is 30.3 Å². The summed E-state index contributed by atoms with van der Waals surface area (Å²) in [7, 11) is 0. The van der Waals surface area contributed by atoms with Crippen LogP contribution >= 0.6 is 0 Å². The summed E-state index contributed by atoms with van der Waals surface area (Å²) in [6.07, 6.45) is 1.91. The van der Waals surface area contributed by atoms with Crippen molar-refractivity contribution in [2.45, 2.75) is 44.6 Å². The number of nitrogens with one attached hydrogen (secondary N) is 1. The van der Waals surface area contributed by atoms with E-state index < -0.39 is 6.10 Å². The van der Waals surface area contributed by atoms with Crippen LogP contribution in [0, 0.1) is 5.92 Å². The molecule has 3 nitrogen and oxygen atoms in total. The Labute approximate surface area is 115 Å². The highest BCUT2D eigenvalue weighted by atomic mass is 16.3. The third-order valence-electron chi connectivity index (χ3n) is 4.03. The number of aliphatic hydroxyl groups excluding tert-OH is 1. The summed E-state index contributed by atoms with van der Waals surface area (Å²) in [6, 6.07) is 10.3. The van der Waals surface area contributed by atoms with Gasteiger partial charge in [0.1, 0.15) is 0 Å². The average Bonchev–Trinajstić information content (AvgIpc) is 3.18. The van der Waals surface area contributed by atoms with Crippen LogP contribution in [-0.4, -0.2) is 23.7 Å². The summed E-state index contributed by atoms with van der Waals surface area (Å²) in [5.41, 5.74) is 1.44. The molecule has 0 radical (unpaired) electrons. The van der Waals surface area contributed by atoms with Gasteiger partial charge in [-0.05, 0) is 24.3 Å². The van der Waals surface area contributed by atoms with E-state index in [1.54, 1.807) is 0 Å². The topological polar surface area (TPSA) is 49.3 Å². The fraction of sp³-hybridized carbons (Fsp3) is 0.562. The van der Waals surface area contributed by atoms with Crippen LogP contribution in [0.5, 0.6) is 0 Å². The predicted octanol–water partition coefficient (Wildman–Crippen LogP) is 2.24. The fourth-order valence-corrected chi connectivity index (χ4v) is 2.28. The first-order chi connectivity index (χ1) is 9.03. The summed E-state index contributed by atoms with van der Waals surface area (Å²) in [5.74, 6) is 0.0677. The van der Waals surface area contributed by atoms with Gasteiger partial charge < -0.3 is 10.4 Å². The van der Waals surface area contributed by atoms with E-state index in [9.17, 15) is 9.90 Å². The van der Waals surface area contributed by atoms with Crippen LogP contribution in [0.4, 0.5) is 0 Å². The molecule has 1 atom stereocenters. The van der Waals surface area contributed by atoms with E-state index in [-0.39, 0.29) is 23.7 Å². The van der Waals surface area contributed by atoms with E-state index in [2.05, 4.69) is 17.4 Å². The molecule has 1 aromatic carbocycles. The summed E-state index contributed by atoms with van der Waals surface area (Å²) < 4.78 is 0.